The largest absolute Gasteiger partial charge is 0.278 e. The maximum absolute atomic E-state index is 11.7. The van der Waals surface area contributed by atoms with Gasteiger partial charge in [0, 0.05) is 13.2 Å². The van der Waals surface area contributed by atoms with Crippen molar-refractivity contribution < 1.29 is 9.63 Å². The molecule has 2 aromatic heterocycles. The molecule has 0 atom stereocenters. The summed E-state index contributed by atoms with van der Waals surface area (Å²) in [5.74, 6) is 0.337. The minimum absolute atomic E-state index is 0.259. The third-order valence-corrected chi connectivity index (χ3v) is 2.21. The number of nitrogens with zero attached hydrogens (tertiary/aromatic N) is 5. The van der Waals surface area contributed by atoms with Crippen LogP contribution in [0.5, 0.6) is 0 Å². The quantitative estimate of drug-likeness (QED) is 0.713. The van der Waals surface area contributed by atoms with Crippen LogP contribution in [0.3, 0.4) is 0 Å². The van der Waals surface area contributed by atoms with Gasteiger partial charge in [0.15, 0.2) is 5.82 Å². The topological polar surface area (TPSA) is 73.1 Å². The lowest BCUT2D eigenvalue weighted by Crippen LogP contribution is -2.25. The van der Waals surface area contributed by atoms with Crippen LogP contribution < -0.4 is 0 Å². The molecule has 0 fully saturated rings. The Kier molecular flexibility index (Phi) is 3.10. The highest BCUT2D eigenvalue weighted by Crippen LogP contribution is 2.06. The van der Waals surface area contributed by atoms with Crippen molar-refractivity contribution in [2.45, 2.75) is 0 Å². The van der Waals surface area contributed by atoms with Crippen LogP contribution in [-0.4, -0.2) is 44.9 Å². The molecule has 0 bridgehead atoms. The van der Waals surface area contributed by atoms with Crippen molar-refractivity contribution in [2.75, 3.05) is 14.2 Å². The minimum Gasteiger partial charge on any atom is -0.274 e. The molecule has 0 aromatic carbocycles. The molecule has 0 spiro atoms. The molecule has 0 aliphatic rings. The summed E-state index contributed by atoms with van der Waals surface area (Å²) in [7, 11) is 2.96. The Hall–Kier alpha value is -2.28. The fourth-order valence-electron chi connectivity index (χ4n) is 1.24. The van der Waals surface area contributed by atoms with Gasteiger partial charge in [0.1, 0.15) is 12.7 Å². The van der Waals surface area contributed by atoms with Crippen LogP contribution in [0, 0.1) is 0 Å². The van der Waals surface area contributed by atoms with E-state index in [0.717, 1.165) is 5.06 Å². The number of pyridine rings is 1. The van der Waals surface area contributed by atoms with Gasteiger partial charge >= 0.3 is 0 Å². The van der Waals surface area contributed by atoms with E-state index >= 15 is 0 Å². The highest BCUT2D eigenvalue weighted by molar-refractivity contribution is 5.93. The zero-order valence-electron chi connectivity index (χ0n) is 9.44. The van der Waals surface area contributed by atoms with Crippen LogP contribution in [0.4, 0.5) is 0 Å². The van der Waals surface area contributed by atoms with E-state index in [-0.39, 0.29) is 5.91 Å². The van der Waals surface area contributed by atoms with Crippen molar-refractivity contribution in [3.63, 3.8) is 0 Å². The number of aromatic nitrogens is 4. The van der Waals surface area contributed by atoms with E-state index in [1.165, 1.54) is 37.7 Å². The number of carbonyl (C=O) groups is 1. The molecule has 0 unspecified atom stereocenters. The fourth-order valence-corrected chi connectivity index (χ4v) is 1.24. The SMILES string of the molecule is CON(C)C(=O)c1ccc(-n2cncn2)nc1. The molecule has 0 N–H and O–H groups in total. The van der Waals surface area contributed by atoms with Crippen LogP contribution in [0.1, 0.15) is 10.4 Å². The molecule has 1 amide bonds. The van der Waals surface area contributed by atoms with Crippen LogP contribution in [-0.2, 0) is 4.84 Å². The van der Waals surface area contributed by atoms with Crippen LogP contribution in [0.25, 0.3) is 5.82 Å². The lowest BCUT2D eigenvalue weighted by Gasteiger charge is -2.13. The summed E-state index contributed by atoms with van der Waals surface area (Å²) >= 11 is 0. The third kappa shape index (κ3) is 2.28. The van der Waals surface area contributed by atoms with Crippen molar-refractivity contribution in [1.29, 1.82) is 0 Å². The number of amides is 1. The van der Waals surface area contributed by atoms with Gasteiger partial charge in [-0.25, -0.2) is 19.7 Å². The first-order valence-corrected chi connectivity index (χ1v) is 4.85. The zero-order valence-corrected chi connectivity index (χ0v) is 9.44. The Balaban J connectivity index is 2.22. The number of rotatable bonds is 3. The van der Waals surface area contributed by atoms with E-state index < -0.39 is 0 Å². The smallest absolute Gasteiger partial charge is 0.274 e. The molecular formula is C10H11N5O2. The molecule has 2 heterocycles. The molecule has 7 heteroatoms. The van der Waals surface area contributed by atoms with Crippen molar-refractivity contribution in [2.24, 2.45) is 0 Å². The van der Waals surface area contributed by atoms with E-state index in [1.807, 2.05) is 0 Å². The summed E-state index contributed by atoms with van der Waals surface area (Å²) in [6.45, 7) is 0. The Morgan fingerprint density at radius 2 is 2.29 bits per heavy atom. The monoisotopic (exact) mass is 233 g/mol. The molecule has 7 nitrogen and oxygen atoms in total. The van der Waals surface area contributed by atoms with E-state index in [9.17, 15) is 4.79 Å². The maximum atomic E-state index is 11.7. The van der Waals surface area contributed by atoms with Crippen LogP contribution in [0.15, 0.2) is 31.0 Å². The van der Waals surface area contributed by atoms with Crippen molar-refractivity contribution in [1.82, 2.24) is 24.8 Å². The van der Waals surface area contributed by atoms with E-state index in [0.29, 0.717) is 11.4 Å². The Morgan fingerprint density at radius 1 is 1.47 bits per heavy atom. The van der Waals surface area contributed by atoms with Gasteiger partial charge in [-0.15, -0.1) is 0 Å². The Labute approximate surface area is 97.6 Å². The number of carbonyl (C=O) groups excluding carboxylic acids is 1. The number of hydrogen-bond donors (Lipinski definition) is 0. The van der Waals surface area contributed by atoms with E-state index in [1.54, 1.807) is 12.1 Å². The predicted molar refractivity (Wildman–Crippen MR) is 58.3 cm³/mol. The summed E-state index contributed by atoms with van der Waals surface area (Å²) in [5.41, 5.74) is 0.443. The average molecular weight is 233 g/mol. The third-order valence-electron chi connectivity index (χ3n) is 2.21. The highest BCUT2D eigenvalue weighted by Gasteiger charge is 2.11. The summed E-state index contributed by atoms with van der Waals surface area (Å²) in [5, 5.41) is 5.07. The van der Waals surface area contributed by atoms with E-state index in [4.69, 9.17) is 4.84 Å². The number of hydrogen-bond acceptors (Lipinski definition) is 5. The maximum Gasteiger partial charge on any atom is 0.278 e. The first-order chi connectivity index (χ1) is 8.22. The number of hydroxylamine groups is 2. The van der Waals surface area contributed by atoms with Gasteiger partial charge in [0.25, 0.3) is 5.91 Å². The molecule has 0 radical (unpaired) electrons. The second-order valence-corrected chi connectivity index (χ2v) is 3.23. The van der Waals surface area contributed by atoms with Gasteiger partial charge in [0.05, 0.1) is 12.7 Å². The Morgan fingerprint density at radius 3 is 2.82 bits per heavy atom. The second kappa shape index (κ2) is 4.71. The molecule has 2 aromatic rings. The minimum atomic E-state index is -0.259. The average Bonchev–Trinajstić information content (AvgIpc) is 2.91. The van der Waals surface area contributed by atoms with Gasteiger partial charge in [-0.3, -0.25) is 9.63 Å². The van der Waals surface area contributed by atoms with Gasteiger partial charge in [-0.1, -0.05) is 0 Å². The standard InChI is InChI=1S/C10H11N5O2/c1-14(17-2)10(16)8-3-4-9(12-5-8)15-7-11-6-13-15/h3-7H,1-2H3. The van der Waals surface area contributed by atoms with Gasteiger partial charge in [0.2, 0.25) is 0 Å². The molecule has 0 saturated carbocycles. The normalized spacial score (nSPS) is 10.2. The van der Waals surface area contributed by atoms with Crippen molar-refractivity contribution in [3.8, 4) is 5.82 Å². The lowest BCUT2D eigenvalue weighted by atomic mass is 10.2. The summed E-state index contributed by atoms with van der Waals surface area (Å²) in [6.07, 6.45) is 4.42. The van der Waals surface area contributed by atoms with Crippen LogP contribution >= 0.6 is 0 Å². The molecule has 0 saturated heterocycles. The van der Waals surface area contributed by atoms with Gasteiger partial charge in [-0.2, -0.15) is 5.10 Å². The molecule has 88 valence electrons. The molecule has 0 aliphatic carbocycles. The van der Waals surface area contributed by atoms with Crippen molar-refractivity contribution >= 4 is 5.91 Å². The van der Waals surface area contributed by atoms with Crippen LogP contribution in [0.2, 0.25) is 0 Å². The first-order valence-electron chi connectivity index (χ1n) is 4.85. The summed E-state index contributed by atoms with van der Waals surface area (Å²) < 4.78 is 1.51. The van der Waals surface area contributed by atoms with Gasteiger partial charge in [-0.05, 0) is 12.1 Å². The molecule has 2 rings (SSSR count). The second-order valence-electron chi connectivity index (χ2n) is 3.23. The predicted octanol–water partition coefficient (Wildman–Crippen LogP) is 0.296. The fraction of sp³-hybridized carbons (Fsp3) is 0.200. The first kappa shape index (κ1) is 11.2. The van der Waals surface area contributed by atoms with Gasteiger partial charge < -0.3 is 0 Å². The summed E-state index contributed by atoms with van der Waals surface area (Å²) in [4.78, 5) is 24.4. The Bertz CT molecular complexity index is 494. The molecular weight excluding hydrogens is 222 g/mol. The lowest BCUT2D eigenvalue weighted by molar-refractivity contribution is -0.0757. The van der Waals surface area contributed by atoms with Crippen molar-refractivity contribution in [3.05, 3.63) is 36.5 Å². The molecule has 0 aliphatic heterocycles. The summed E-state index contributed by atoms with van der Waals surface area (Å²) in [6, 6.07) is 3.34. The van der Waals surface area contributed by atoms with E-state index in [2.05, 4.69) is 15.1 Å². The highest BCUT2D eigenvalue weighted by atomic mass is 16.7. The molecule has 17 heavy (non-hydrogen) atoms. The zero-order chi connectivity index (χ0) is 12.3.